The first kappa shape index (κ1) is 27.1. The Kier molecular flexibility index (Phi) is 9.01. The van der Waals surface area contributed by atoms with E-state index in [2.05, 4.69) is 29.1 Å². The Bertz CT molecular complexity index is 1220. The summed E-state index contributed by atoms with van der Waals surface area (Å²) in [7, 11) is 1.37. The molecule has 36 heavy (non-hydrogen) atoms. The van der Waals surface area contributed by atoms with Gasteiger partial charge in [0, 0.05) is 13.1 Å². The number of rotatable bonds is 9. The average Bonchev–Trinajstić information content (AvgIpc) is 3.20. The highest BCUT2D eigenvalue weighted by atomic mass is 32.2. The van der Waals surface area contributed by atoms with Gasteiger partial charge in [-0.2, -0.15) is 23.4 Å². The zero-order valence-corrected chi connectivity index (χ0v) is 20.8. The van der Waals surface area contributed by atoms with E-state index in [1.807, 2.05) is 0 Å². The first-order chi connectivity index (χ1) is 17.2. The SMILES string of the molecule is CCN(CC)CCNC1=NC(=O)S/C1=C\c1ccc(Oc2ccc(C#N)cc2C(F)(F)F)c(OC)c1. The van der Waals surface area contributed by atoms with Gasteiger partial charge < -0.3 is 19.7 Å². The number of likely N-dealkylation sites (N-methyl/N-ethyl adjacent to an activating group) is 1. The summed E-state index contributed by atoms with van der Waals surface area (Å²) in [5.41, 5.74) is -0.548. The number of nitriles is 1. The Morgan fingerprint density at radius 2 is 1.86 bits per heavy atom. The number of aliphatic imine (C=N–C) groups is 1. The maximum atomic E-state index is 13.5. The van der Waals surface area contributed by atoms with E-state index in [-0.39, 0.29) is 22.3 Å². The molecule has 0 spiro atoms. The van der Waals surface area contributed by atoms with Crippen molar-refractivity contribution in [3.63, 3.8) is 0 Å². The quantitative estimate of drug-likeness (QED) is 0.441. The van der Waals surface area contributed by atoms with E-state index in [1.54, 1.807) is 24.3 Å². The van der Waals surface area contributed by atoms with Crippen LogP contribution in [-0.4, -0.2) is 49.3 Å². The van der Waals surface area contributed by atoms with Crippen molar-refractivity contribution in [1.29, 1.82) is 5.26 Å². The molecule has 1 aliphatic rings. The van der Waals surface area contributed by atoms with Crippen LogP contribution in [0.3, 0.4) is 0 Å². The largest absolute Gasteiger partial charge is 0.493 e. The van der Waals surface area contributed by atoms with Gasteiger partial charge in [-0.1, -0.05) is 19.9 Å². The fourth-order valence-electron chi connectivity index (χ4n) is 3.45. The first-order valence-electron chi connectivity index (χ1n) is 11.1. The predicted octanol–water partition coefficient (Wildman–Crippen LogP) is 5.92. The number of halogens is 3. The number of methoxy groups -OCH3 is 1. The second kappa shape index (κ2) is 12.0. The molecule has 2 aromatic carbocycles. The average molecular weight is 519 g/mol. The van der Waals surface area contributed by atoms with Gasteiger partial charge in [-0.3, -0.25) is 4.79 Å². The fourth-order valence-corrected chi connectivity index (χ4v) is 4.18. The number of alkyl halides is 3. The van der Waals surface area contributed by atoms with Crippen molar-refractivity contribution < 1.29 is 27.4 Å². The Balaban J connectivity index is 1.82. The van der Waals surface area contributed by atoms with Crippen molar-refractivity contribution in [2.24, 2.45) is 4.99 Å². The van der Waals surface area contributed by atoms with Crippen molar-refractivity contribution in [1.82, 2.24) is 10.2 Å². The number of hydrogen-bond donors (Lipinski definition) is 1. The van der Waals surface area contributed by atoms with Gasteiger partial charge in [0.05, 0.1) is 29.2 Å². The van der Waals surface area contributed by atoms with E-state index in [0.717, 1.165) is 43.5 Å². The summed E-state index contributed by atoms with van der Waals surface area (Å²) in [6.07, 6.45) is -2.96. The van der Waals surface area contributed by atoms with Crippen LogP contribution in [0.25, 0.3) is 6.08 Å². The van der Waals surface area contributed by atoms with E-state index < -0.39 is 17.5 Å². The van der Waals surface area contributed by atoms with Crippen LogP contribution in [0.2, 0.25) is 0 Å². The number of benzene rings is 2. The lowest BCUT2D eigenvalue weighted by Crippen LogP contribution is -2.34. The molecule has 1 N–H and O–H groups in total. The number of hydrogen-bond acceptors (Lipinski definition) is 7. The van der Waals surface area contributed by atoms with Crippen molar-refractivity contribution in [2.75, 3.05) is 33.3 Å². The highest BCUT2D eigenvalue weighted by Crippen LogP contribution is 2.41. The zero-order valence-electron chi connectivity index (χ0n) is 20.0. The zero-order chi connectivity index (χ0) is 26.3. The van der Waals surface area contributed by atoms with Gasteiger partial charge in [-0.25, -0.2) is 0 Å². The minimum atomic E-state index is -4.71. The Labute approximate surface area is 211 Å². The van der Waals surface area contributed by atoms with Gasteiger partial charge in [-0.05, 0) is 66.8 Å². The van der Waals surface area contributed by atoms with Gasteiger partial charge in [0.25, 0.3) is 0 Å². The van der Waals surface area contributed by atoms with Gasteiger partial charge in [0.1, 0.15) is 11.6 Å². The molecule has 0 radical (unpaired) electrons. The normalized spacial score (nSPS) is 14.7. The molecule has 0 aromatic heterocycles. The first-order valence-corrected chi connectivity index (χ1v) is 12.0. The lowest BCUT2D eigenvalue weighted by molar-refractivity contribution is -0.138. The van der Waals surface area contributed by atoms with Gasteiger partial charge in [-0.15, -0.1) is 0 Å². The third-order valence-corrected chi connectivity index (χ3v) is 6.17. The standard InChI is InChI=1S/C25H25F3N4O3S/c1-4-32(5-2)11-10-30-23-22(36-24(33)31-23)14-16-6-9-20(21(13-16)34-3)35-19-8-7-17(15-29)12-18(19)25(26,27)28/h6-9,12-14H,4-5,10-11H2,1-3H3,(H,30,31,33)/b22-14-. The van der Waals surface area contributed by atoms with Crippen LogP contribution in [0, 0.1) is 11.3 Å². The molecular weight excluding hydrogens is 493 g/mol. The number of amidine groups is 1. The molecule has 190 valence electrons. The number of thioether (sulfide) groups is 1. The second-order valence-electron chi connectivity index (χ2n) is 7.62. The second-order valence-corrected chi connectivity index (χ2v) is 8.62. The van der Waals surface area contributed by atoms with Crippen LogP contribution in [0.5, 0.6) is 17.2 Å². The minimum Gasteiger partial charge on any atom is -0.493 e. The summed E-state index contributed by atoms with van der Waals surface area (Å²) >= 11 is 0.986. The van der Waals surface area contributed by atoms with Crippen LogP contribution in [0.1, 0.15) is 30.5 Å². The van der Waals surface area contributed by atoms with Crippen molar-refractivity contribution in [3.05, 3.63) is 58.0 Å². The van der Waals surface area contributed by atoms with Crippen molar-refractivity contribution in [3.8, 4) is 23.3 Å². The summed E-state index contributed by atoms with van der Waals surface area (Å²) in [4.78, 5) is 18.8. The number of amides is 1. The third-order valence-electron chi connectivity index (χ3n) is 5.37. The molecule has 7 nitrogen and oxygen atoms in total. The molecule has 1 amide bonds. The van der Waals surface area contributed by atoms with Crippen LogP contribution in [0.4, 0.5) is 18.0 Å². The van der Waals surface area contributed by atoms with Crippen LogP contribution >= 0.6 is 11.8 Å². The number of carbonyl (C=O) groups excluding carboxylic acids is 1. The lowest BCUT2D eigenvalue weighted by Gasteiger charge is -2.18. The van der Waals surface area contributed by atoms with Crippen molar-refractivity contribution >= 4 is 28.9 Å². The van der Waals surface area contributed by atoms with Crippen LogP contribution < -0.4 is 14.8 Å². The molecule has 2 aromatic rings. The van der Waals surface area contributed by atoms with E-state index in [9.17, 15) is 18.0 Å². The van der Waals surface area contributed by atoms with E-state index in [4.69, 9.17) is 14.7 Å². The Morgan fingerprint density at radius 3 is 2.50 bits per heavy atom. The molecule has 0 unspecified atom stereocenters. The van der Waals surface area contributed by atoms with Gasteiger partial charge in [0.15, 0.2) is 11.5 Å². The fraction of sp³-hybridized carbons (Fsp3) is 0.320. The molecule has 1 heterocycles. The molecule has 3 rings (SSSR count). The van der Waals surface area contributed by atoms with Gasteiger partial charge in [0.2, 0.25) is 0 Å². The molecule has 0 bridgehead atoms. The molecule has 0 atom stereocenters. The topological polar surface area (TPSA) is 87.0 Å². The highest BCUT2D eigenvalue weighted by Gasteiger charge is 2.35. The Hall–Kier alpha value is -3.49. The summed E-state index contributed by atoms with van der Waals surface area (Å²) < 4.78 is 51.4. The Morgan fingerprint density at radius 1 is 1.14 bits per heavy atom. The van der Waals surface area contributed by atoms with Crippen LogP contribution in [0.15, 0.2) is 46.3 Å². The summed E-state index contributed by atoms with van der Waals surface area (Å²) in [5, 5.41) is 11.8. The van der Waals surface area contributed by atoms with E-state index in [1.165, 1.54) is 19.2 Å². The summed E-state index contributed by atoms with van der Waals surface area (Å²) in [6, 6.07) is 9.50. The molecule has 0 aliphatic carbocycles. The van der Waals surface area contributed by atoms with Gasteiger partial charge >= 0.3 is 11.4 Å². The molecule has 0 saturated carbocycles. The smallest absolute Gasteiger partial charge is 0.420 e. The number of carbonyl (C=O) groups is 1. The molecule has 0 saturated heterocycles. The number of nitrogens with zero attached hydrogens (tertiary/aromatic N) is 3. The van der Waals surface area contributed by atoms with E-state index in [0.29, 0.717) is 22.8 Å². The number of nitrogens with one attached hydrogen (secondary N) is 1. The molecule has 0 fully saturated rings. The molecule has 1 aliphatic heterocycles. The monoisotopic (exact) mass is 518 g/mol. The maximum Gasteiger partial charge on any atom is 0.420 e. The highest BCUT2D eigenvalue weighted by molar-refractivity contribution is 8.18. The van der Waals surface area contributed by atoms with Crippen LogP contribution in [-0.2, 0) is 6.18 Å². The van der Waals surface area contributed by atoms with Crippen molar-refractivity contribution in [2.45, 2.75) is 20.0 Å². The maximum absolute atomic E-state index is 13.5. The minimum absolute atomic E-state index is 0.0660. The molecule has 11 heteroatoms. The molecular formula is C25H25F3N4O3S. The predicted molar refractivity (Wildman–Crippen MR) is 133 cm³/mol. The summed E-state index contributed by atoms with van der Waals surface area (Å²) in [6.45, 7) is 7.41. The van der Waals surface area contributed by atoms with E-state index >= 15 is 0 Å². The summed E-state index contributed by atoms with van der Waals surface area (Å²) in [5.74, 6) is 0.291. The lowest BCUT2D eigenvalue weighted by atomic mass is 10.1. The number of ether oxygens (including phenoxy) is 2. The third kappa shape index (κ3) is 6.80.